The van der Waals surface area contributed by atoms with Gasteiger partial charge in [0.2, 0.25) is 5.91 Å². The Hall–Kier alpha value is -2.43. The van der Waals surface area contributed by atoms with Crippen LogP contribution in [0.25, 0.3) is 0 Å². The molecule has 7 heteroatoms. The lowest BCUT2D eigenvalue weighted by molar-refractivity contribution is -0.116. The molecule has 0 fully saturated rings. The first-order chi connectivity index (χ1) is 11.9. The zero-order valence-electron chi connectivity index (χ0n) is 14.2. The summed E-state index contributed by atoms with van der Waals surface area (Å²) in [6.45, 7) is 3.61. The zero-order chi connectivity index (χ0) is 18.6. The third-order valence-electron chi connectivity index (χ3n) is 3.76. The molecule has 1 N–H and O–H groups in total. The number of nitrogens with one attached hydrogen (secondary N) is 1. The Labute approximate surface area is 154 Å². The topological polar surface area (TPSA) is 84.1 Å². The van der Waals surface area contributed by atoms with Gasteiger partial charge in [0.1, 0.15) is 18.2 Å². The molecule has 1 heterocycles. The maximum Gasteiger partial charge on any atom is 0.269 e. The van der Waals surface area contributed by atoms with Gasteiger partial charge in [0.15, 0.2) is 0 Å². The fourth-order valence-corrected chi connectivity index (χ4v) is 3.00. The second-order valence-electron chi connectivity index (χ2n) is 5.63. The number of aryl methyl sites for hydroxylation is 2. The normalized spacial score (nSPS) is 10.4. The van der Waals surface area contributed by atoms with Gasteiger partial charge < -0.3 is 14.6 Å². The first-order valence-electron chi connectivity index (χ1n) is 7.55. The van der Waals surface area contributed by atoms with Gasteiger partial charge in [0.25, 0.3) is 5.56 Å². The molecule has 2 rings (SSSR count). The van der Waals surface area contributed by atoms with Crippen LogP contribution < -0.4 is 10.9 Å². The lowest BCUT2D eigenvalue weighted by atomic mass is 10.1. The summed E-state index contributed by atoms with van der Waals surface area (Å²) in [6.07, 6.45) is 0. The number of hydrogen-bond donors (Lipinski definition) is 1. The molecule has 1 aromatic carbocycles. The molecule has 25 heavy (non-hydrogen) atoms. The quantitative estimate of drug-likeness (QED) is 0.831. The van der Waals surface area contributed by atoms with Crippen LogP contribution in [0, 0.1) is 25.2 Å². The molecule has 6 nitrogen and oxygen atoms in total. The minimum absolute atomic E-state index is 0.0000669. The van der Waals surface area contributed by atoms with Crippen molar-refractivity contribution >= 4 is 27.5 Å². The number of anilines is 1. The van der Waals surface area contributed by atoms with Crippen LogP contribution in [-0.2, 0) is 22.7 Å². The van der Waals surface area contributed by atoms with Crippen molar-refractivity contribution in [1.82, 2.24) is 4.57 Å². The van der Waals surface area contributed by atoms with E-state index in [2.05, 4.69) is 21.2 Å². The average molecular weight is 404 g/mol. The molecule has 0 radical (unpaired) electrons. The molecular weight excluding hydrogens is 386 g/mol. The van der Waals surface area contributed by atoms with Crippen molar-refractivity contribution in [3.63, 3.8) is 0 Å². The minimum Gasteiger partial charge on any atom is -0.380 e. The molecule has 2 aromatic rings. The number of aromatic nitrogens is 1. The number of pyridine rings is 1. The Morgan fingerprint density at radius 1 is 1.36 bits per heavy atom. The van der Waals surface area contributed by atoms with Crippen LogP contribution in [0.15, 0.2) is 33.5 Å². The molecule has 130 valence electrons. The number of benzene rings is 1. The highest BCUT2D eigenvalue weighted by molar-refractivity contribution is 9.10. The van der Waals surface area contributed by atoms with Crippen LogP contribution in [0.3, 0.4) is 0 Å². The predicted molar refractivity (Wildman–Crippen MR) is 98.4 cm³/mol. The summed E-state index contributed by atoms with van der Waals surface area (Å²) in [5.41, 5.74) is 2.21. The monoisotopic (exact) mass is 403 g/mol. The number of halogens is 1. The molecule has 0 unspecified atom stereocenters. The number of rotatable bonds is 5. The summed E-state index contributed by atoms with van der Waals surface area (Å²) in [4.78, 5) is 24.9. The Bertz CT molecular complexity index is 913. The van der Waals surface area contributed by atoms with Crippen molar-refractivity contribution < 1.29 is 9.53 Å². The fraction of sp³-hybridized carbons (Fsp3) is 0.278. The third-order valence-corrected chi connectivity index (χ3v) is 4.26. The molecule has 0 saturated carbocycles. The van der Waals surface area contributed by atoms with E-state index in [1.54, 1.807) is 19.1 Å². The average Bonchev–Trinajstić information content (AvgIpc) is 2.54. The highest BCUT2D eigenvalue weighted by Gasteiger charge is 2.15. The van der Waals surface area contributed by atoms with E-state index in [0.717, 1.165) is 10.0 Å². The van der Waals surface area contributed by atoms with E-state index in [1.807, 2.05) is 25.1 Å². The van der Waals surface area contributed by atoms with E-state index in [1.165, 1.54) is 11.7 Å². The van der Waals surface area contributed by atoms with Crippen LogP contribution >= 0.6 is 15.9 Å². The number of amides is 1. The smallest absolute Gasteiger partial charge is 0.269 e. The molecular formula is C18H18BrN3O3. The molecule has 1 amide bonds. The standard InChI is InChI=1S/C18H18BrN3O3/c1-11-6-14(19)4-5-16(11)21-17(23)9-22-12(2)7-13(10-25-3)15(8-20)18(22)24/h4-7H,9-10H2,1-3H3,(H,21,23). The molecule has 0 aliphatic carbocycles. The van der Waals surface area contributed by atoms with E-state index >= 15 is 0 Å². The van der Waals surface area contributed by atoms with Gasteiger partial charge in [-0.1, -0.05) is 15.9 Å². The van der Waals surface area contributed by atoms with E-state index in [9.17, 15) is 14.9 Å². The van der Waals surface area contributed by atoms with Crippen molar-refractivity contribution in [3.8, 4) is 6.07 Å². The number of methoxy groups -OCH3 is 1. The molecule has 1 aromatic heterocycles. The van der Waals surface area contributed by atoms with Crippen molar-refractivity contribution in [3.05, 3.63) is 61.5 Å². The molecule has 0 aliphatic rings. The summed E-state index contributed by atoms with van der Waals surface area (Å²) in [6, 6.07) is 9.10. The van der Waals surface area contributed by atoms with Gasteiger partial charge >= 0.3 is 0 Å². The van der Waals surface area contributed by atoms with Gasteiger partial charge in [0.05, 0.1) is 6.61 Å². The Balaban J connectivity index is 2.29. The first kappa shape index (κ1) is 18.9. The van der Waals surface area contributed by atoms with E-state index in [0.29, 0.717) is 16.9 Å². The lowest BCUT2D eigenvalue weighted by Crippen LogP contribution is -2.31. The number of carbonyl (C=O) groups excluding carboxylic acids is 1. The minimum atomic E-state index is -0.489. The Morgan fingerprint density at radius 3 is 2.68 bits per heavy atom. The van der Waals surface area contributed by atoms with Crippen molar-refractivity contribution in [2.24, 2.45) is 0 Å². The number of ether oxygens (including phenoxy) is 1. The van der Waals surface area contributed by atoms with Gasteiger partial charge in [-0.15, -0.1) is 0 Å². The summed E-state index contributed by atoms with van der Waals surface area (Å²) < 4.78 is 7.23. The zero-order valence-corrected chi connectivity index (χ0v) is 15.8. The van der Waals surface area contributed by atoms with E-state index < -0.39 is 5.56 Å². The largest absolute Gasteiger partial charge is 0.380 e. The molecule has 0 aliphatic heterocycles. The number of nitrogens with zero attached hydrogens (tertiary/aromatic N) is 2. The van der Waals surface area contributed by atoms with Gasteiger partial charge in [0, 0.05) is 28.5 Å². The summed E-state index contributed by atoms with van der Waals surface area (Å²) >= 11 is 3.37. The van der Waals surface area contributed by atoms with Gasteiger partial charge in [-0.3, -0.25) is 9.59 Å². The highest BCUT2D eigenvalue weighted by Crippen LogP contribution is 2.20. The molecule has 0 atom stereocenters. The predicted octanol–water partition coefficient (Wildman–Crippen LogP) is 2.88. The summed E-state index contributed by atoms with van der Waals surface area (Å²) in [5, 5.41) is 12.0. The molecule has 0 bridgehead atoms. The van der Waals surface area contributed by atoms with E-state index in [4.69, 9.17) is 4.74 Å². The second-order valence-corrected chi connectivity index (χ2v) is 6.55. The number of carbonyl (C=O) groups is 1. The number of hydrogen-bond acceptors (Lipinski definition) is 4. The van der Waals surface area contributed by atoms with Crippen molar-refractivity contribution in [1.29, 1.82) is 5.26 Å². The second kappa shape index (κ2) is 8.10. The van der Waals surface area contributed by atoms with Crippen LogP contribution in [0.2, 0.25) is 0 Å². The third kappa shape index (κ3) is 4.35. The van der Waals surface area contributed by atoms with E-state index in [-0.39, 0.29) is 24.6 Å². The maximum absolute atomic E-state index is 12.5. The van der Waals surface area contributed by atoms with Crippen LogP contribution in [0.5, 0.6) is 0 Å². The summed E-state index contributed by atoms with van der Waals surface area (Å²) in [7, 11) is 1.50. The molecule has 0 spiro atoms. The Kier molecular flexibility index (Phi) is 6.12. The Morgan fingerprint density at radius 2 is 2.08 bits per heavy atom. The van der Waals surface area contributed by atoms with Gasteiger partial charge in [-0.2, -0.15) is 5.26 Å². The highest BCUT2D eigenvalue weighted by atomic mass is 79.9. The molecule has 0 saturated heterocycles. The summed E-state index contributed by atoms with van der Waals surface area (Å²) in [5.74, 6) is -0.334. The van der Waals surface area contributed by atoms with Crippen LogP contribution in [0.1, 0.15) is 22.4 Å². The fourth-order valence-electron chi connectivity index (χ4n) is 2.52. The van der Waals surface area contributed by atoms with Gasteiger partial charge in [-0.05, 0) is 43.7 Å². The van der Waals surface area contributed by atoms with Gasteiger partial charge in [-0.25, -0.2) is 0 Å². The van der Waals surface area contributed by atoms with Crippen molar-refractivity contribution in [2.45, 2.75) is 27.0 Å². The first-order valence-corrected chi connectivity index (χ1v) is 8.35. The van der Waals surface area contributed by atoms with Crippen molar-refractivity contribution in [2.75, 3.05) is 12.4 Å². The van der Waals surface area contributed by atoms with Crippen LogP contribution in [0.4, 0.5) is 5.69 Å². The SMILES string of the molecule is COCc1cc(C)n(CC(=O)Nc2ccc(Br)cc2C)c(=O)c1C#N. The van der Waals surface area contributed by atoms with Crippen LogP contribution in [-0.4, -0.2) is 17.6 Å². The maximum atomic E-state index is 12.5. The lowest BCUT2D eigenvalue weighted by Gasteiger charge is -2.14. The number of nitriles is 1.